The summed E-state index contributed by atoms with van der Waals surface area (Å²) in [6.07, 6.45) is 0. The van der Waals surface area contributed by atoms with Crippen LogP contribution in [0, 0.1) is 17.0 Å². The number of hydrogen-bond acceptors (Lipinski definition) is 4. The molecule has 2 radical (unpaired) electrons. The molecule has 1 rings (SSSR count). The summed E-state index contributed by atoms with van der Waals surface area (Å²) in [7, 11) is 0. The second kappa shape index (κ2) is 3.66. The molecule has 0 saturated heterocycles. The predicted molar refractivity (Wildman–Crippen MR) is 43.0 cm³/mol. The minimum absolute atomic E-state index is 0.0724. The lowest BCUT2D eigenvalue weighted by molar-refractivity contribution is -0.384. The van der Waals surface area contributed by atoms with E-state index in [1.165, 1.54) is 24.3 Å². The largest absolute Gasteiger partial charge is 0.426 e. The summed E-state index contributed by atoms with van der Waals surface area (Å²) in [4.78, 5) is 19.9. The highest BCUT2D eigenvalue weighted by Crippen LogP contribution is 2.16. The van der Waals surface area contributed by atoms with E-state index in [0.29, 0.717) is 0 Å². The van der Waals surface area contributed by atoms with Crippen LogP contribution in [0.3, 0.4) is 0 Å². The van der Waals surface area contributed by atoms with Gasteiger partial charge in [0.1, 0.15) is 5.75 Å². The maximum Gasteiger partial charge on any atom is 0.316 e. The third-order valence-corrected chi connectivity index (χ3v) is 1.27. The second-order valence-electron chi connectivity index (χ2n) is 2.17. The van der Waals surface area contributed by atoms with E-state index in [1.54, 1.807) is 0 Å². The van der Waals surface area contributed by atoms with Gasteiger partial charge in [0.05, 0.1) is 11.8 Å². The van der Waals surface area contributed by atoms with E-state index < -0.39 is 10.9 Å². The van der Waals surface area contributed by atoms with Crippen molar-refractivity contribution in [3.8, 4) is 5.75 Å². The molecule has 0 aromatic heterocycles. The molecule has 66 valence electrons. The van der Waals surface area contributed by atoms with Gasteiger partial charge in [-0.25, -0.2) is 0 Å². The number of non-ortho nitro benzene ring substituents is 1. The van der Waals surface area contributed by atoms with Crippen LogP contribution in [0.1, 0.15) is 0 Å². The van der Waals surface area contributed by atoms with Crippen molar-refractivity contribution in [2.75, 3.05) is 0 Å². The van der Waals surface area contributed by atoms with Crippen molar-refractivity contribution in [1.82, 2.24) is 0 Å². The van der Waals surface area contributed by atoms with Gasteiger partial charge in [0, 0.05) is 12.1 Å². The highest BCUT2D eigenvalue weighted by atomic mass is 16.6. The summed E-state index contributed by atoms with van der Waals surface area (Å²) in [6, 6.07) is 5.03. The second-order valence-corrected chi connectivity index (χ2v) is 2.17. The molecule has 5 heteroatoms. The van der Waals surface area contributed by atoms with Crippen LogP contribution in [-0.4, -0.2) is 10.9 Å². The summed E-state index contributed by atoms with van der Waals surface area (Å²) in [5.41, 5.74) is -0.0724. The Morgan fingerprint density at radius 1 is 1.38 bits per heavy atom. The van der Waals surface area contributed by atoms with Crippen LogP contribution in [0.4, 0.5) is 5.69 Å². The van der Waals surface area contributed by atoms with Crippen LogP contribution < -0.4 is 4.74 Å². The minimum atomic E-state index is -0.950. The van der Waals surface area contributed by atoms with E-state index in [1.807, 2.05) is 0 Å². The fourth-order valence-corrected chi connectivity index (χ4v) is 0.752. The summed E-state index contributed by atoms with van der Waals surface area (Å²) in [5, 5.41) is 10.2. The molecule has 0 N–H and O–H groups in total. The molecule has 0 aliphatic rings. The first-order valence-corrected chi connectivity index (χ1v) is 3.31. The Morgan fingerprint density at radius 2 is 1.92 bits per heavy atom. The van der Waals surface area contributed by atoms with E-state index in [2.05, 4.69) is 4.74 Å². The van der Waals surface area contributed by atoms with E-state index in [4.69, 9.17) is 6.92 Å². The smallest absolute Gasteiger partial charge is 0.316 e. The number of ether oxygens (including phenoxy) is 1. The molecule has 5 nitrogen and oxygen atoms in total. The van der Waals surface area contributed by atoms with Gasteiger partial charge in [-0.2, -0.15) is 0 Å². The van der Waals surface area contributed by atoms with Gasteiger partial charge < -0.3 is 4.74 Å². The molecule has 0 unspecified atom stereocenters. The monoisotopic (exact) mass is 179 g/mol. The first-order valence-electron chi connectivity index (χ1n) is 3.31. The van der Waals surface area contributed by atoms with Crippen molar-refractivity contribution in [3.63, 3.8) is 0 Å². The lowest BCUT2D eigenvalue weighted by atomic mass is 10.3. The number of rotatable bonds is 2. The molecule has 0 amide bonds. The van der Waals surface area contributed by atoms with Gasteiger partial charge in [-0.3, -0.25) is 14.9 Å². The summed E-state index contributed by atoms with van der Waals surface area (Å²) >= 11 is 0. The van der Waals surface area contributed by atoms with E-state index in [9.17, 15) is 14.9 Å². The third kappa shape index (κ3) is 2.55. The average Bonchev–Trinajstić information content (AvgIpc) is 2.04. The fourth-order valence-electron chi connectivity index (χ4n) is 0.752. The molecule has 0 aliphatic carbocycles. The lowest BCUT2D eigenvalue weighted by Gasteiger charge is -1.98. The topological polar surface area (TPSA) is 69.4 Å². The lowest BCUT2D eigenvalue weighted by Crippen LogP contribution is -2.01. The molecule has 1 aromatic rings. The van der Waals surface area contributed by atoms with Crippen LogP contribution in [0.25, 0.3) is 0 Å². The molecule has 0 saturated carbocycles. The average molecular weight is 179 g/mol. The van der Waals surface area contributed by atoms with Crippen molar-refractivity contribution in [2.24, 2.45) is 0 Å². The first-order chi connectivity index (χ1) is 6.09. The number of esters is 1. The minimum Gasteiger partial charge on any atom is -0.426 e. The number of carbonyl (C=O) groups is 1. The van der Waals surface area contributed by atoms with Crippen molar-refractivity contribution >= 4 is 11.7 Å². The molecule has 0 atom stereocenters. The zero-order chi connectivity index (χ0) is 9.84. The Balaban J connectivity index is 2.81. The van der Waals surface area contributed by atoms with E-state index >= 15 is 0 Å². The molecule has 1 aromatic carbocycles. The Labute approximate surface area is 74.1 Å². The number of hydrogen-bond donors (Lipinski definition) is 0. The van der Waals surface area contributed by atoms with Crippen LogP contribution >= 0.6 is 0 Å². The zero-order valence-electron chi connectivity index (χ0n) is 6.47. The number of nitro benzene ring substituents is 1. The van der Waals surface area contributed by atoms with Gasteiger partial charge in [-0.05, 0) is 12.1 Å². The highest BCUT2D eigenvalue weighted by Gasteiger charge is 2.04. The van der Waals surface area contributed by atoms with Crippen molar-refractivity contribution < 1.29 is 14.5 Å². The molecule has 0 aliphatic heterocycles. The van der Waals surface area contributed by atoms with Gasteiger partial charge in [-0.15, -0.1) is 0 Å². The summed E-state index contributed by atoms with van der Waals surface area (Å²) in [5.74, 6) is -0.771. The third-order valence-electron chi connectivity index (χ3n) is 1.27. The van der Waals surface area contributed by atoms with Gasteiger partial charge >= 0.3 is 5.97 Å². The molecule has 13 heavy (non-hydrogen) atoms. The Morgan fingerprint density at radius 3 is 2.31 bits per heavy atom. The van der Waals surface area contributed by atoms with Crippen LogP contribution in [-0.2, 0) is 4.79 Å². The Kier molecular flexibility index (Phi) is 2.59. The molecule has 0 spiro atoms. The molecule has 0 fully saturated rings. The van der Waals surface area contributed by atoms with Crippen molar-refractivity contribution in [2.45, 2.75) is 0 Å². The Bertz CT molecular complexity index is 331. The molecule has 0 bridgehead atoms. The van der Waals surface area contributed by atoms with E-state index in [-0.39, 0.29) is 11.4 Å². The molecular formula is C8H5NO4. The van der Waals surface area contributed by atoms with Crippen LogP contribution in [0.2, 0.25) is 0 Å². The number of carbonyl (C=O) groups excluding carboxylic acids is 1. The maximum atomic E-state index is 10.3. The molecular weight excluding hydrogens is 174 g/mol. The van der Waals surface area contributed by atoms with Crippen molar-refractivity contribution in [3.05, 3.63) is 41.3 Å². The number of benzene rings is 1. The number of nitro groups is 1. The SMILES string of the molecule is [CH]C(=O)Oc1ccc([N+](=O)[O-])cc1. The normalized spacial score (nSPS) is 9.31. The summed E-state index contributed by atoms with van der Waals surface area (Å²) in [6.45, 7) is 4.73. The van der Waals surface area contributed by atoms with Crippen LogP contribution in [0.15, 0.2) is 24.3 Å². The van der Waals surface area contributed by atoms with Gasteiger partial charge in [0.2, 0.25) is 0 Å². The summed E-state index contributed by atoms with van der Waals surface area (Å²) < 4.78 is 4.47. The maximum absolute atomic E-state index is 10.3. The first kappa shape index (κ1) is 9.18. The highest BCUT2D eigenvalue weighted by molar-refractivity contribution is 5.76. The quantitative estimate of drug-likeness (QED) is 0.296. The fraction of sp³-hybridized carbons (Fsp3) is 0. The van der Waals surface area contributed by atoms with Gasteiger partial charge in [0.25, 0.3) is 5.69 Å². The predicted octanol–water partition coefficient (Wildman–Crippen LogP) is 1.21. The van der Waals surface area contributed by atoms with Gasteiger partial charge in [0.15, 0.2) is 0 Å². The standard InChI is InChI=1S/C8H5NO4/c1-6(10)13-8-4-2-7(3-5-8)9(11)12/h1-5H. The zero-order valence-corrected chi connectivity index (χ0v) is 6.47. The molecule has 0 heterocycles. The van der Waals surface area contributed by atoms with Crippen LogP contribution in [0.5, 0.6) is 5.75 Å². The van der Waals surface area contributed by atoms with Crippen molar-refractivity contribution in [1.29, 1.82) is 0 Å². The van der Waals surface area contributed by atoms with Gasteiger partial charge in [-0.1, -0.05) is 0 Å². The number of nitrogens with zero attached hydrogens (tertiary/aromatic N) is 1. The van der Waals surface area contributed by atoms with E-state index in [0.717, 1.165) is 0 Å². The Hall–Kier alpha value is -1.91.